The van der Waals surface area contributed by atoms with E-state index in [1.165, 1.54) is 0 Å². The van der Waals surface area contributed by atoms with Crippen molar-refractivity contribution in [2.24, 2.45) is 0 Å². The molecule has 1 aromatic heterocycles. The Bertz CT molecular complexity index is 462. The monoisotopic (exact) mass is 244 g/mol. The molecule has 0 saturated carbocycles. The molecule has 0 unspecified atom stereocenters. The molecule has 2 aromatic rings. The van der Waals surface area contributed by atoms with Gasteiger partial charge in [-0.3, -0.25) is 5.10 Å². The SMILES string of the molecule is CC(C)NCCCc1nc(-c2ccccc2)n[nH]1. The van der Waals surface area contributed by atoms with Crippen molar-refractivity contribution in [3.05, 3.63) is 36.2 Å². The third-order valence-electron chi connectivity index (χ3n) is 2.71. The molecule has 4 heteroatoms. The summed E-state index contributed by atoms with van der Waals surface area (Å²) in [4.78, 5) is 4.50. The summed E-state index contributed by atoms with van der Waals surface area (Å²) in [5.41, 5.74) is 1.06. The molecule has 0 aliphatic rings. The molecule has 2 rings (SSSR count). The molecule has 0 spiro atoms. The average molecular weight is 244 g/mol. The zero-order valence-corrected chi connectivity index (χ0v) is 11.0. The average Bonchev–Trinajstić information content (AvgIpc) is 2.84. The standard InChI is InChI=1S/C14H20N4/c1-11(2)15-10-6-9-13-16-14(18-17-13)12-7-4-3-5-8-12/h3-5,7-8,11,15H,6,9-10H2,1-2H3,(H,16,17,18). The molecule has 0 bridgehead atoms. The first kappa shape index (κ1) is 12.8. The normalized spacial score (nSPS) is 11.1. The van der Waals surface area contributed by atoms with Gasteiger partial charge in [-0.1, -0.05) is 44.2 Å². The van der Waals surface area contributed by atoms with Crippen molar-refractivity contribution in [3.8, 4) is 11.4 Å². The molecule has 1 aromatic carbocycles. The number of hydrogen-bond donors (Lipinski definition) is 2. The summed E-state index contributed by atoms with van der Waals surface area (Å²) in [5, 5.41) is 10.6. The highest BCUT2D eigenvalue weighted by Crippen LogP contribution is 2.13. The van der Waals surface area contributed by atoms with Crippen LogP contribution in [0.2, 0.25) is 0 Å². The second-order valence-corrected chi connectivity index (χ2v) is 4.68. The lowest BCUT2D eigenvalue weighted by Gasteiger charge is -2.05. The first-order chi connectivity index (χ1) is 8.75. The Labute approximate surface area is 108 Å². The van der Waals surface area contributed by atoms with Crippen LogP contribution in [0.25, 0.3) is 11.4 Å². The van der Waals surface area contributed by atoms with E-state index in [4.69, 9.17) is 0 Å². The zero-order chi connectivity index (χ0) is 12.8. The third kappa shape index (κ3) is 3.67. The van der Waals surface area contributed by atoms with Gasteiger partial charge in [-0.15, -0.1) is 0 Å². The Kier molecular flexibility index (Phi) is 4.47. The molecule has 0 radical (unpaired) electrons. The maximum atomic E-state index is 4.50. The summed E-state index contributed by atoms with van der Waals surface area (Å²) in [6.45, 7) is 5.32. The summed E-state index contributed by atoms with van der Waals surface area (Å²) >= 11 is 0. The van der Waals surface area contributed by atoms with E-state index in [0.29, 0.717) is 6.04 Å². The van der Waals surface area contributed by atoms with Crippen molar-refractivity contribution >= 4 is 0 Å². The van der Waals surface area contributed by atoms with Crippen LogP contribution in [0.15, 0.2) is 30.3 Å². The van der Waals surface area contributed by atoms with Crippen LogP contribution in [0.5, 0.6) is 0 Å². The van der Waals surface area contributed by atoms with Crippen LogP contribution in [0.4, 0.5) is 0 Å². The van der Waals surface area contributed by atoms with Gasteiger partial charge in [-0.05, 0) is 13.0 Å². The highest BCUT2D eigenvalue weighted by molar-refractivity contribution is 5.53. The lowest BCUT2D eigenvalue weighted by Crippen LogP contribution is -2.24. The Balaban J connectivity index is 1.87. The van der Waals surface area contributed by atoms with E-state index in [-0.39, 0.29) is 0 Å². The molecule has 1 heterocycles. The van der Waals surface area contributed by atoms with Gasteiger partial charge in [0.2, 0.25) is 0 Å². The minimum Gasteiger partial charge on any atom is -0.315 e. The van der Waals surface area contributed by atoms with Gasteiger partial charge in [-0.2, -0.15) is 5.10 Å². The van der Waals surface area contributed by atoms with Crippen LogP contribution in [0.3, 0.4) is 0 Å². The van der Waals surface area contributed by atoms with Gasteiger partial charge in [0, 0.05) is 18.0 Å². The van der Waals surface area contributed by atoms with E-state index in [2.05, 4.69) is 34.3 Å². The van der Waals surface area contributed by atoms with E-state index >= 15 is 0 Å². The smallest absolute Gasteiger partial charge is 0.181 e. The molecule has 0 amide bonds. The Morgan fingerprint density at radius 2 is 2.00 bits per heavy atom. The van der Waals surface area contributed by atoms with Crippen LogP contribution in [0, 0.1) is 0 Å². The third-order valence-corrected chi connectivity index (χ3v) is 2.71. The highest BCUT2D eigenvalue weighted by atomic mass is 15.2. The van der Waals surface area contributed by atoms with Crippen LogP contribution < -0.4 is 5.32 Å². The van der Waals surface area contributed by atoms with Crippen LogP contribution >= 0.6 is 0 Å². The fourth-order valence-corrected chi connectivity index (χ4v) is 1.77. The zero-order valence-electron chi connectivity index (χ0n) is 11.0. The molecular formula is C14H20N4. The lowest BCUT2D eigenvalue weighted by atomic mass is 10.2. The van der Waals surface area contributed by atoms with Crippen molar-refractivity contribution in [1.82, 2.24) is 20.5 Å². The topological polar surface area (TPSA) is 53.6 Å². The van der Waals surface area contributed by atoms with Crippen molar-refractivity contribution in [1.29, 1.82) is 0 Å². The van der Waals surface area contributed by atoms with Crippen molar-refractivity contribution < 1.29 is 0 Å². The number of aryl methyl sites for hydroxylation is 1. The second-order valence-electron chi connectivity index (χ2n) is 4.68. The Morgan fingerprint density at radius 1 is 1.22 bits per heavy atom. The number of nitrogens with zero attached hydrogens (tertiary/aromatic N) is 2. The predicted octanol–water partition coefficient (Wildman–Crippen LogP) is 2.40. The Morgan fingerprint density at radius 3 is 2.72 bits per heavy atom. The molecule has 4 nitrogen and oxygen atoms in total. The molecule has 18 heavy (non-hydrogen) atoms. The van der Waals surface area contributed by atoms with Gasteiger partial charge in [0.15, 0.2) is 5.82 Å². The van der Waals surface area contributed by atoms with Gasteiger partial charge in [0.1, 0.15) is 5.82 Å². The van der Waals surface area contributed by atoms with Crippen molar-refractivity contribution in [2.75, 3.05) is 6.54 Å². The summed E-state index contributed by atoms with van der Waals surface area (Å²) in [6, 6.07) is 10.6. The molecule has 0 aliphatic heterocycles. The molecule has 0 fully saturated rings. The predicted molar refractivity (Wildman–Crippen MR) is 73.3 cm³/mol. The second kappa shape index (κ2) is 6.31. The maximum absolute atomic E-state index is 4.50. The quantitative estimate of drug-likeness (QED) is 0.767. The summed E-state index contributed by atoms with van der Waals surface area (Å²) in [6.07, 6.45) is 2.00. The number of nitrogens with one attached hydrogen (secondary N) is 2. The number of benzene rings is 1. The van der Waals surface area contributed by atoms with Gasteiger partial charge < -0.3 is 5.32 Å². The number of rotatable bonds is 6. The largest absolute Gasteiger partial charge is 0.315 e. The lowest BCUT2D eigenvalue weighted by molar-refractivity contribution is 0.566. The maximum Gasteiger partial charge on any atom is 0.181 e. The minimum atomic E-state index is 0.541. The minimum absolute atomic E-state index is 0.541. The van der Waals surface area contributed by atoms with Gasteiger partial charge in [-0.25, -0.2) is 4.98 Å². The molecule has 0 saturated heterocycles. The molecule has 96 valence electrons. The first-order valence-electron chi connectivity index (χ1n) is 6.46. The van der Waals surface area contributed by atoms with Crippen molar-refractivity contribution in [3.63, 3.8) is 0 Å². The van der Waals surface area contributed by atoms with E-state index in [1.54, 1.807) is 0 Å². The van der Waals surface area contributed by atoms with E-state index in [0.717, 1.165) is 36.6 Å². The number of aromatic amines is 1. The summed E-state index contributed by atoms with van der Waals surface area (Å²) in [5.74, 6) is 1.74. The Hall–Kier alpha value is -1.68. The molecule has 0 aliphatic carbocycles. The summed E-state index contributed by atoms with van der Waals surface area (Å²) < 4.78 is 0. The molecule has 2 N–H and O–H groups in total. The van der Waals surface area contributed by atoms with E-state index in [9.17, 15) is 0 Å². The van der Waals surface area contributed by atoms with Crippen LogP contribution in [0.1, 0.15) is 26.1 Å². The number of H-pyrrole nitrogens is 1. The number of aromatic nitrogens is 3. The number of hydrogen-bond acceptors (Lipinski definition) is 3. The van der Waals surface area contributed by atoms with Gasteiger partial charge >= 0.3 is 0 Å². The fourth-order valence-electron chi connectivity index (χ4n) is 1.77. The first-order valence-corrected chi connectivity index (χ1v) is 6.46. The fraction of sp³-hybridized carbons (Fsp3) is 0.429. The van der Waals surface area contributed by atoms with Crippen LogP contribution in [-0.2, 0) is 6.42 Å². The summed E-state index contributed by atoms with van der Waals surface area (Å²) in [7, 11) is 0. The van der Waals surface area contributed by atoms with Gasteiger partial charge in [0.05, 0.1) is 0 Å². The van der Waals surface area contributed by atoms with Gasteiger partial charge in [0.25, 0.3) is 0 Å². The van der Waals surface area contributed by atoms with E-state index < -0.39 is 0 Å². The molecular weight excluding hydrogens is 224 g/mol. The van der Waals surface area contributed by atoms with Crippen LogP contribution in [-0.4, -0.2) is 27.8 Å². The highest BCUT2D eigenvalue weighted by Gasteiger charge is 2.04. The molecule has 0 atom stereocenters. The van der Waals surface area contributed by atoms with E-state index in [1.807, 2.05) is 30.3 Å². The van der Waals surface area contributed by atoms with Crippen molar-refractivity contribution in [2.45, 2.75) is 32.7 Å².